The number of methoxy groups -OCH3 is 1. The van der Waals surface area contributed by atoms with Crippen molar-refractivity contribution >= 4 is 163 Å². The van der Waals surface area contributed by atoms with Gasteiger partial charge >= 0.3 is 17.9 Å². The average molecular weight is 1360 g/mol. The summed E-state index contributed by atoms with van der Waals surface area (Å²) in [7, 11) is 1.40. The fourth-order valence-corrected chi connectivity index (χ4v) is 19.1. The van der Waals surface area contributed by atoms with E-state index in [0.717, 1.165) is 68.9 Å². The van der Waals surface area contributed by atoms with Crippen LogP contribution < -0.4 is 9.47 Å². The van der Waals surface area contributed by atoms with Crippen LogP contribution >= 0.6 is 69.7 Å². The fourth-order valence-electron chi connectivity index (χ4n) is 11.9. The number of amides is 2. The number of ether oxygens (including phenoxy) is 3. The van der Waals surface area contributed by atoms with Crippen molar-refractivity contribution in [3.63, 3.8) is 0 Å². The largest absolute Gasteiger partial charge is 0.490 e. The maximum absolute atomic E-state index is 13.5. The quantitative estimate of drug-likeness (QED) is 0.0564. The Bertz CT molecular complexity index is 4530. The zero-order valence-electron chi connectivity index (χ0n) is 49.2. The predicted molar refractivity (Wildman–Crippen MR) is 368 cm³/mol. The summed E-state index contributed by atoms with van der Waals surface area (Å²) in [6.07, 6.45) is 3.82. The van der Waals surface area contributed by atoms with Gasteiger partial charge in [0.2, 0.25) is 5.91 Å². The third-order valence-corrected chi connectivity index (χ3v) is 23.9. The molecule has 6 atom stereocenters. The molecule has 476 valence electrons. The van der Waals surface area contributed by atoms with Crippen LogP contribution in [0.5, 0.6) is 11.5 Å². The zero-order valence-corrected chi connectivity index (χ0v) is 54.1. The zero-order chi connectivity index (χ0) is 63.9. The van der Waals surface area contributed by atoms with Gasteiger partial charge in [0.1, 0.15) is 73.1 Å². The highest BCUT2D eigenvalue weighted by atomic mass is 32.2. The number of benzene rings is 6. The lowest BCUT2D eigenvalue weighted by Gasteiger charge is -2.56. The number of nitrogens with zero attached hydrogens (tertiary/aromatic N) is 6. The first-order chi connectivity index (χ1) is 44.5. The molecule has 8 aromatic rings. The van der Waals surface area contributed by atoms with E-state index in [9.17, 15) is 48.9 Å². The number of aromatic nitrogens is 2. The lowest BCUT2D eigenvalue weighted by Crippen LogP contribution is -2.75. The molecule has 2 aromatic heterocycles. The lowest BCUT2D eigenvalue weighted by molar-refractivity contribution is -0.186. The van der Waals surface area contributed by atoms with Crippen LogP contribution in [0, 0.1) is 5.92 Å². The van der Waals surface area contributed by atoms with Crippen LogP contribution in [-0.2, 0) is 51.1 Å². The number of rotatable bonds is 21. The average Bonchev–Trinajstić information content (AvgIpc) is 1.46. The third-order valence-electron chi connectivity index (χ3n) is 16.3. The first-order valence-corrected chi connectivity index (χ1v) is 35.0. The monoisotopic (exact) mass is 1360 g/mol. The molecule has 2 amide bonds. The maximum atomic E-state index is 13.5. The predicted octanol–water partition coefficient (Wildman–Crippen LogP) is 11.6. The molecule has 0 bridgehead atoms. The van der Waals surface area contributed by atoms with E-state index in [4.69, 9.17) is 24.2 Å². The van der Waals surface area contributed by atoms with E-state index in [-0.39, 0.29) is 80.6 Å². The van der Waals surface area contributed by atoms with Crippen molar-refractivity contribution in [1.29, 1.82) is 0 Å². The Balaban J connectivity index is 0.000000177. The van der Waals surface area contributed by atoms with E-state index >= 15 is 0 Å². The van der Waals surface area contributed by atoms with Crippen molar-refractivity contribution in [2.75, 3.05) is 43.3 Å². The van der Waals surface area contributed by atoms with Crippen molar-refractivity contribution in [3.05, 3.63) is 177 Å². The summed E-state index contributed by atoms with van der Waals surface area (Å²) in [5, 5.41) is 35.7. The number of ketones is 2. The SMILES string of the molecule is C.CO[C@@]1(CC(=O)Cc2ccccc2)C(=O)N2C(C(=O)O)=C(COc3ccc4c(ccc5nc(C6=NC(C)CS6)sc54)c3)CSC21.O=C(Cc1ccccc1)CC1C(=O)N2C(C(=O)O)=C(/C=C/COc3ccc4c(ccc5nc(C6=NC(C(=O)O)CS6)sc54)c3)CSC12. The smallest absolute Gasteiger partial charge is 0.352 e. The number of carboxylic acids is 3. The highest BCUT2D eigenvalue weighted by Gasteiger charge is 2.66. The number of allylic oxidation sites excluding steroid dienone is 1. The summed E-state index contributed by atoms with van der Waals surface area (Å²) < 4.78 is 19.8. The molecule has 0 aliphatic carbocycles. The molecule has 3 N–H and O–H groups in total. The van der Waals surface area contributed by atoms with Gasteiger partial charge in [-0.3, -0.25) is 39.0 Å². The lowest BCUT2D eigenvalue weighted by atomic mass is 9.84. The highest BCUT2D eigenvalue weighted by molar-refractivity contribution is 8.15. The molecule has 14 rings (SSSR count). The number of hydrogen-bond donors (Lipinski definition) is 3. The van der Waals surface area contributed by atoms with Gasteiger partial charge in [-0.25, -0.2) is 24.4 Å². The molecule has 0 spiro atoms. The van der Waals surface area contributed by atoms with Gasteiger partial charge in [-0.15, -0.1) is 69.7 Å². The Kier molecular flexibility index (Phi) is 19.1. The number of thioether (sulfide) groups is 4. The Hall–Kier alpha value is -8.17. The van der Waals surface area contributed by atoms with Crippen LogP contribution in [0.4, 0.5) is 0 Å². The number of aliphatic imine (C=N–C) groups is 2. The van der Waals surface area contributed by atoms with Crippen LogP contribution in [-0.4, -0.2) is 158 Å². The Morgan fingerprint density at radius 1 is 0.677 bits per heavy atom. The molecule has 2 fully saturated rings. The molecule has 0 saturated carbocycles. The second kappa shape index (κ2) is 27.4. The number of thiazole rings is 2. The van der Waals surface area contributed by atoms with E-state index in [0.29, 0.717) is 56.0 Å². The number of fused-ring (bicyclic) bond motifs is 8. The van der Waals surface area contributed by atoms with Crippen molar-refractivity contribution < 1.29 is 63.1 Å². The van der Waals surface area contributed by atoms with E-state index < -0.39 is 46.7 Å². The first kappa shape index (κ1) is 64.9. The van der Waals surface area contributed by atoms with Gasteiger partial charge in [0, 0.05) is 72.2 Å². The topological polar surface area (TPSA) is 265 Å². The standard InChI is InChI=1S/C34H27N3O7S3.C33H29N3O6S3.CH4/c38-21(13-18-5-2-1-3-6-18)15-24-31(39)37-27(34(42)43)20(16-46-32(24)37)7-4-12-44-22-9-10-23-19(14-22)8-11-25-28(23)47-30(35-25)29-36-26(17-45-29)33(40)41;1-18-16-43-28(34-18)29-35-25-11-8-20-13-23(9-10-24(20)27(25)45-29)42-15-21-17-44-32-33(41-2,31(40)36(32)26(21)30(38)39)14-22(37)12-19-6-4-3-5-7-19;/h1-11,14,24,26,32H,12-13,15-17H2,(H,40,41)(H,42,43);3-11,13,18,32H,12,14-17H2,1-2H3,(H,38,39);1H4/b7-4+;;/t;18?,32?,33-;/m.0./s1. The second-order valence-electron chi connectivity index (χ2n) is 22.5. The molecule has 93 heavy (non-hydrogen) atoms. The molecule has 2 saturated heterocycles. The van der Waals surface area contributed by atoms with Crippen LogP contribution in [0.15, 0.2) is 166 Å². The van der Waals surface area contributed by atoms with Gasteiger partial charge in [-0.1, -0.05) is 86.3 Å². The summed E-state index contributed by atoms with van der Waals surface area (Å²) >= 11 is 9.12. The molecule has 6 aliphatic heterocycles. The molecule has 6 aromatic carbocycles. The molecule has 0 radical (unpaired) electrons. The first-order valence-electron chi connectivity index (χ1n) is 29.3. The molecular weight excluding hydrogens is 1300 g/mol. The number of aliphatic carboxylic acids is 3. The summed E-state index contributed by atoms with van der Waals surface area (Å²) in [5.41, 5.74) is 2.95. The molecule has 19 nitrogen and oxygen atoms in total. The minimum Gasteiger partial charge on any atom is -0.490 e. The van der Waals surface area contributed by atoms with Crippen LogP contribution in [0.2, 0.25) is 0 Å². The second-order valence-corrected chi connectivity index (χ2v) is 28.7. The Morgan fingerprint density at radius 2 is 1.27 bits per heavy atom. The van der Waals surface area contributed by atoms with Gasteiger partial charge in [0.15, 0.2) is 11.6 Å². The Labute approximate surface area is 558 Å². The maximum Gasteiger partial charge on any atom is 0.352 e. The van der Waals surface area contributed by atoms with Crippen LogP contribution in [0.25, 0.3) is 42.0 Å². The van der Waals surface area contributed by atoms with Gasteiger partial charge in [0.25, 0.3) is 5.91 Å². The number of β-lactam (4-membered cyclic amide) rings is 2. The number of carbonyl (C=O) groups excluding carboxylic acids is 4. The normalized spacial score (nSPS) is 21.6. The van der Waals surface area contributed by atoms with E-state index in [1.54, 1.807) is 35.3 Å². The van der Waals surface area contributed by atoms with Crippen LogP contribution in [0.1, 0.15) is 48.3 Å². The minimum atomic E-state index is -1.40. The highest BCUT2D eigenvalue weighted by Crippen LogP contribution is 2.50. The van der Waals surface area contributed by atoms with Crippen molar-refractivity contribution in [3.8, 4) is 11.5 Å². The van der Waals surface area contributed by atoms with E-state index in [2.05, 4.69) is 16.9 Å². The number of hydrogen-bond acceptors (Lipinski definition) is 20. The summed E-state index contributed by atoms with van der Waals surface area (Å²) in [6.45, 7) is 2.30. The number of carbonyl (C=O) groups is 7. The number of carboxylic acid groups (broad SMARTS) is 3. The Morgan fingerprint density at radius 3 is 1.84 bits per heavy atom. The molecule has 6 aliphatic rings. The van der Waals surface area contributed by atoms with Gasteiger partial charge in [-0.2, -0.15) is 0 Å². The number of Topliss-reactive ketones (excluding diaryl/α,β-unsaturated/α-hetero) is 2. The van der Waals surface area contributed by atoms with Gasteiger partial charge in [0.05, 0.1) is 37.8 Å². The minimum absolute atomic E-state index is 0. The van der Waals surface area contributed by atoms with Gasteiger partial charge < -0.3 is 29.5 Å². The van der Waals surface area contributed by atoms with Crippen molar-refractivity contribution in [2.24, 2.45) is 15.9 Å². The van der Waals surface area contributed by atoms with E-state index in [1.165, 1.54) is 63.5 Å². The molecular formula is C68H60N6O13S6. The molecule has 8 heterocycles. The molecule has 25 heteroatoms. The van der Waals surface area contributed by atoms with Gasteiger partial charge in [-0.05, 0) is 89.0 Å². The third kappa shape index (κ3) is 13.0. The van der Waals surface area contributed by atoms with Crippen LogP contribution in [0.3, 0.4) is 0 Å². The summed E-state index contributed by atoms with van der Waals surface area (Å²) in [6, 6.07) is 37.6. The summed E-state index contributed by atoms with van der Waals surface area (Å²) in [4.78, 5) is 109. The molecule has 5 unspecified atom stereocenters. The van der Waals surface area contributed by atoms with E-state index in [1.807, 2.05) is 121 Å². The van der Waals surface area contributed by atoms with Crippen molar-refractivity contribution in [2.45, 2.75) is 68.5 Å². The van der Waals surface area contributed by atoms with Crippen molar-refractivity contribution in [1.82, 2.24) is 19.8 Å². The fraction of sp³-hybridized carbons (Fsp3) is 0.279. The summed E-state index contributed by atoms with van der Waals surface area (Å²) in [5.74, 6) is -1.55.